The minimum absolute atomic E-state index is 0.0173. The Morgan fingerprint density at radius 1 is 0.519 bits per heavy atom. The number of aromatic nitrogens is 1. The highest BCUT2D eigenvalue weighted by molar-refractivity contribution is 7.18. The molecule has 0 bridgehead atoms. The van der Waals surface area contributed by atoms with Gasteiger partial charge in [0.05, 0.1) is 41.5 Å². The van der Waals surface area contributed by atoms with Crippen LogP contribution in [-0.2, 0) is 37.6 Å². The van der Waals surface area contributed by atoms with Crippen molar-refractivity contribution in [1.82, 2.24) is 4.57 Å². The van der Waals surface area contributed by atoms with E-state index in [0.29, 0.717) is 12.3 Å². The Kier molecular flexibility index (Phi) is 22.9. The van der Waals surface area contributed by atoms with E-state index in [-0.39, 0.29) is 39.1 Å². The molecule has 1 aliphatic heterocycles. The number of thiophene rings is 2. The number of unbranched alkanes of at least 4 members (excludes halogenated alkanes) is 14. The van der Waals surface area contributed by atoms with E-state index < -0.39 is 11.4 Å². The topological polar surface area (TPSA) is 120 Å². The Labute approximate surface area is 637 Å². The van der Waals surface area contributed by atoms with E-state index >= 15 is 0 Å². The van der Waals surface area contributed by atoms with Crippen LogP contribution in [0.2, 0.25) is 0 Å². The van der Waals surface area contributed by atoms with Gasteiger partial charge in [-0.25, -0.2) is 4.79 Å². The summed E-state index contributed by atoms with van der Waals surface area (Å²) in [6.07, 6.45) is 23.6. The lowest BCUT2D eigenvalue weighted by atomic mass is 9.78. The molecule has 0 amide bonds. The van der Waals surface area contributed by atoms with Crippen LogP contribution >= 0.6 is 22.7 Å². The first-order chi connectivity index (χ1) is 51.3. The summed E-state index contributed by atoms with van der Waals surface area (Å²) in [7, 11) is 1.95. The number of ether oxygens (including phenoxy) is 3. The summed E-state index contributed by atoms with van der Waals surface area (Å²) in [5.41, 5.74) is 19.5. The number of Topliss-reactive ketones (excluding diaryl/α,β-unsaturated/α-hetero) is 1. The maximum atomic E-state index is 14.7. The molecular weight excluding hydrogens is 1350 g/mol. The Hall–Kier alpha value is -9.28. The molecule has 0 atom stereocenters. The largest absolute Gasteiger partial charge is 0.871 e. The zero-order chi connectivity index (χ0) is 74.4. The van der Waals surface area contributed by atoms with Crippen LogP contribution in [0.15, 0.2) is 175 Å². The third kappa shape index (κ3) is 15.0. The molecule has 9 aromatic rings. The number of anilines is 3. The fourth-order valence-electron chi connectivity index (χ4n) is 16.3. The number of rotatable bonds is 34. The predicted molar refractivity (Wildman–Crippen MR) is 438 cm³/mol. The fraction of sp³-hybridized carbons (Fsp3) is 0.383. The molecule has 0 saturated carbocycles. The van der Waals surface area contributed by atoms with E-state index in [4.69, 9.17) is 14.2 Å². The summed E-state index contributed by atoms with van der Waals surface area (Å²) < 4.78 is 22.6. The van der Waals surface area contributed by atoms with Crippen molar-refractivity contribution in [3.63, 3.8) is 0 Å². The summed E-state index contributed by atoms with van der Waals surface area (Å²) in [6.45, 7) is 25.1. The number of esters is 1. The van der Waals surface area contributed by atoms with Crippen LogP contribution in [0.3, 0.4) is 0 Å². The Balaban J connectivity index is 0.766. The van der Waals surface area contributed by atoms with Crippen LogP contribution in [0.1, 0.15) is 223 Å². The lowest BCUT2D eigenvalue weighted by Gasteiger charge is -2.31. The smallest absolute Gasteiger partial charge is 0.348 e. The lowest BCUT2D eigenvalue weighted by molar-refractivity contribution is -0.438. The second kappa shape index (κ2) is 32.4. The highest BCUT2D eigenvalue weighted by Gasteiger charge is 2.47. The molecule has 4 aliphatic rings. The molecule has 3 aromatic heterocycles. The molecule has 3 aliphatic carbocycles. The van der Waals surface area contributed by atoms with Crippen molar-refractivity contribution in [1.29, 1.82) is 5.26 Å². The van der Waals surface area contributed by atoms with Crippen LogP contribution in [0.5, 0.6) is 11.5 Å². The maximum Gasteiger partial charge on any atom is 0.348 e. The van der Waals surface area contributed by atoms with E-state index in [1.165, 1.54) is 114 Å². The first-order valence-electron chi connectivity index (χ1n) is 39.2. The molecule has 12 heteroatoms. The average molecular weight is 1450 g/mol. The van der Waals surface area contributed by atoms with Crippen molar-refractivity contribution in [2.75, 3.05) is 31.3 Å². The van der Waals surface area contributed by atoms with Gasteiger partial charge in [0.1, 0.15) is 29.7 Å². The third-order valence-electron chi connectivity index (χ3n) is 22.6. The Bertz CT molecular complexity index is 4810. The van der Waals surface area contributed by atoms with Crippen molar-refractivity contribution in [2.45, 2.75) is 201 Å². The third-order valence-corrected chi connectivity index (χ3v) is 24.8. The summed E-state index contributed by atoms with van der Waals surface area (Å²) in [4.78, 5) is 33.9. The van der Waals surface area contributed by atoms with E-state index in [0.717, 1.165) is 159 Å². The van der Waals surface area contributed by atoms with Crippen molar-refractivity contribution in [2.24, 2.45) is 7.05 Å². The highest BCUT2D eigenvalue weighted by atomic mass is 32.1. The van der Waals surface area contributed by atoms with Gasteiger partial charge in [-0.15, -0.1) is 22.7 Å². The SMILES string of the molecule is CCCCCCCC[N+]1=C(/C=C2/C(=O)C(c3ccc(-c4ccc(-c5ccc(N(c6ccc7c(c6)C(C)(C)c6cc(OCCCCCC)ccc6-7)c6ccc7c(c6)C(C)(C)c6cc(OCCCCCC)ccc6-7)cc5)s4)n3C)=C2[O-])C(C)(C)c2cc(-c3ccc(/C=C(\C#N)C(=O)OCCCCCC)s3)ccc21. The quantitative estimate of drug-likeness (QED) is 0.0129. The molecule has 0 fully saturated rings. The van der Waals surface area contributed by atoms with Gasteiger partial charge in [-0.05, 0) is 210 Å². The molecular formula is C94H104N4O6S2. The van der Waals surface area contributed by atoms with Gasteiger partial charge in [0.25, 0.3) is 0 Å². The molecule has 13 rings (SSSR count). The van der Waals surface area contributed by atoms with Crippen molar-refractivity contribution in [3.8, 4) is 71.3 Å². The number of ketones is 1. The molecule has 106 heavy (non-hydrogen) atoms. The van der Waals surface area contributed by atoms with Crippen LogP contribution in [0, 0.1) is 11.3 Å². The van der Waals surface area contributed by atoms with Crippen LogP contribution < -0.4 is 19.5 Å². The molecule has 4 heterocycles. The van der Waals surface area contributed by atoms with Gasteiger partial charge in [0.15, 0.2) is 11.5 Å². The zero-order valence-electron chi connectivity index (χ0n) is 64.2. The molecule has 0 radical (unpaired) electrons. The maximum absolute atomic E-state index is 14.7. The number of hydrogen-bond donors (Lipinski definition) is 0. The first kappa shape index (κ1) is 75.0. The first-order valence-corrected chi connectivity index (χ1v) is 40.8. The van der Waals surface area contributed by atoms with Crippen molar-refractivity contribution < 1.29 is 33.5 Å². The number of carbonyl (C=O) groups excluding carboxylic acids is 2. The highest BCUT2D eigenvalue weighted by Crippen LogP contribution is 2.55. The van der Waals surface area contributed by atoms with E-state index in [1.807, 2.05) is 42.0 Å². The van der Waals surface area contributed by atoms with Crippen LogP contribution in [0.25, 0.3) is 65.4 Å². The minimum atomic E-state index is -0.597. The summed E-state index contributed by atoms with van der Waals surface area (Å²) >= 11 is 3.21. The van der Waals surface area contributed by atoms with Crippen LogP contribution in [0.4, 0.5) is 22.7 Å². The number of nitrogens with zero attached hydrogens (tertiary/aromatic N) is 4. The molecule has 548 valence electrons. The number of carbonyl (C=O) groups is 2. The van der Waals surface area contributed by atoms with Gasteiger partial charge >= 0.3 is 5.97 Å². The van der Waals surface area contributed by atoms with Crippen LogP contribution in [-0.4, -0.2) is 53.0 Å². The Morgan fingerprint density at radius 3 is 1.58 bits per heavy atom. The second-order valence-electron chi connectivity index (χ2n) is 31.0. The van der Waals surface area contributed by atoms with Gasteiger partial charge in [-0.1, -0.05) is 181 Å². The number of benzene rings is 6. The van der Waals surface area contributed by atoms with Gasteiger partial charge in [0, 0.05) is 84.8 Å². The van der Waals surface area contributed by atoms with Crippen molar-refractivity contribution >= 4 is 74.5 Å². The Morgan fingerprint density at radius 2 is 1.01 bits per heavy atom. The normalized spacial score (nSPS) is 15.3. The predicted octanol–water partition coefficient (Wildman–Crippen LogP) is 24.2. The van der Waals surface area contributed by atoms with E-state index in [1.54, 1.807) is 17.4 Å². The number of nitriles is 1. The second-order valence-corrected chi connectivity index (χ2v) is 33.2. The van der Waals surface area contributed by atoms with Gasteiger partial charge < -0.3 is 28.8 Å². The summed E-state index contributed by atoms with van der Waals surface area (Å²) in [5, 5.41) is 24.6. The monoisotopic (exact) mass is 1450 g/mol. The minimum Gasteiger partial charge on any atom is -0.871 e. The zero-order valence-corrected chi connectivity index (χ0v) is 65.8. The average Bonchev–Trinajstić information content (AvgIpc) is 1.57. The van der Waals surface area contributed by atoms with Crippen molar-refractivity contribution in [3.05, 3.63) is 213 Å². The molecule has 0 saturated heterocycles. The van der Waals surface area contributed by atoms with Gasteiger partial charge in [0.2, 0.25) is 5.69 Å². The standard InChI is InChI=1S/C94H104N4O6S2/c1-12-16-20-24-25-26-50-97-81-44-32-63(85-47-39-70(105-85)54-64(61-95)91(101)104-53-29-23-19-15-4)55-80(81)94(9,10)87(97)60-75-89(99)88(90(75)100)83-46-45-82(96(83)11)86-49-48-84(106-86)62-30-33-65(34-31-62)98(66-35-40-71-73-42-37-68(102-51-27-21-17-13-2)58-78(73)92(5,6)76(71)56-66)67-36-41-72-74-43-38-69(103-52-28-22-18-14-3)59-79(74)93(7,8)77(72)57-67/h30-49,54-60H,12-29,50-53H2,1-11H3/b64-54+. The van der Waals surface area contributed by atoms with Gasteiger partial charge in [-0.3, -0.25) is 4.79 Å². The molecule has 10 nitrogen and oxygen atoms in total. The number of allylic oxidation sites excluding steroid dienone is 3. The number of fused-ring (bicyclic) bond motifs is 7. The van der Waals surface area contributed by atoms with Gasteiger partial charge in [-0.2, -0.15) is 9.84 Å². The fourth-order valence-corrected chi connectivity index (χ4v) is 18.3. The molecule has 6 aromatic carbocycles. The summed E-state index contributed by atoms with van der Waals surface area (Å²) in [5.74, 6) is 0.791. The molecule has 0 N–H and O–H groups in total. The summed E-state index contributed by atoms with van der Waals surface area (Å²) in [6, 6.07) is 57.2. The molecule has 0 spiro atoms. The number of hydrogen-bond acceptors (Lipinski definition) is 10. The molecule has 0 unspecified atom stereocenters. The lowest BCUT2D eigenvalue weighted by Crippen LogP contribution is -2.34. The van der Waals surface area contributed by atoms with E-state index in [9.17, 15) is 20.0 Å². The van der Waals surface area contributed by atoms with E-state index in [2.05, 4.69) is 212 Å².